The van der Waals surface area contributed by atoms with E-state index in [9.17, 15) is 9.59 Å². The molecule has 1 N–H and O–H groups in total. The summed E-state index contributed by atoms with van der Waals surface area (Å²) in [4.78, 5) is 27.9. The molecule has 0 fully saturated rings. The van der Waals surface area contributed by atoms with Crippen LogP contribution in [0.15, 0.2) is 17.5 Å². The van der Waals surface area contributed by atoms with E-state index in [0.717, 1.165) is 6.42 Å². The van der Waals surface area contributed by atoms with Crippen molar-refractivity contribution >= 4 is 23.3 Å². The summed E-state index contributed by atoms with van der Waals surface area (Å²) >= 11 is 1.68. The fourth-order valence-corrected chi connectivity index (χ4v) is 3.07. The molecule has 6 heteroatoms. The van der Waals surface area contributed by atoms with Gasteiger partial charge in [0.05, 0.1) is 6.42 Å². The molecule has 0 aliphatic rings. The van der Waals surface area contributed by atoms with Crippen molar-refractivity contribution in [3.05, 3.63) is 22.4 Å². The van der Waals surface area contributed by atoms with Gasteiger partial charge in [-0.25, -0.2) is 4.79 Å². The van der Waals surface area contributed by atoms with Crippen LogP contribution in [0.3, 0.4) is 0 Å². The molecule has 0 bridgehead atoms. The highest BCUT2D eigenvalue weighted by Gasteiger charge is 2.26. The van der Waals surface area contributed by atoms with Crippen LogP contribution in [0.5, 0.6) is 0 Å². The van der Waals surface area contributed by atoms with Crippen molar-refractivity contribution in [2.24, 2.45) is 0 Å². The number of urea groups is 1. The average molecular weight is 312 g/mol. The highest BCUT2D eigenvalue weighted by Crippen LogP contribution is 2.15. The van der Waals surface area contributed by atoms with E-state index in [1.807, 2.05) is 25.3 Å². The number of hydrogen-bond acceptors (Lipinski definition) is 3. The highest BCUT2D eigenvalue weighted by molar-refractivity contribution is 7.09. The van der Waals surface area contributed by atoms with Gasteiger partial charge < -0.3 is 14.9 Å². The molecule has 0 spiro atoms. The van der Waals surface area contributed by atoms with Gasteiger partial charge in [-0.2, -0.15) is 0 Å². The Balaban J connectivity index is 2.67. The first kappa shape index (κ1) is 17.5. The number of rotatable bonds is 7. The second-order valence-electron chi connectivity index (χ2n) is 5.26. The van der Waals surface area contributed by atoms with Gasteiger partial charge in [0.15, 0.2) is 0 Å². The predicted octanol–water partition coefficient (Wildman–Crippen LogP) is 2.92. The van der Waals surface area contributed by atoms with Crippen LogP contribution in [-0.4, -0.2) is 52.6 Å². The number of carboxylic acids is 1. The molecule has 21 heavy (non-hydrogen) atoms. The first-order valence-corrected chi connectivity index (χ1v) is 8.02. The van der Waals surface area contributed by atoms with E-state index in [4.69, 9.17) is 5.11 Å². The van der Waals surface area contributed by atoms with E-state index in [1.165, 1.54) is 4.88 Å². The minimum Gasteiger partial charge on any atom is -0.481 e. The Morgan fingerprint density at radius 2 is 2.00 bits per heavy atom. The van der Waals surface area contributed by atoms with Crippen LogP contribution in [0.2, 0.25) is 0 Å². The van der Waals surface area contributed by atoms with Crippen LogP contribution in [0, 0.1) is 0 Å². The van der Waals surface area contributed by atoms with Crippen molar-refractivity contribution in [1.82, 2.24) is 9.80 Å². The lowest BCUT2D eigenvalue weighted by Crippen LogP contribution is -2.49. The minimum atomic E-state index is -0.886. The van der Waals surface area contributed by atoms with Crippen molar-refractivity contribution in [3.8, 4) is 0 Å². The van der Waals surface area contributed by atoms with Crippen LogP contribution in [0.25, 0.3) is 0 Å². The van der Waals surface area contributed by atoms with Crippen LogP contribution in [-0.2, 0) is 11.2 Å². The summed E-state index contributed by atoms with van der Waals surface area (Å²) in [5, 5.41) is 10.9. The third-order valence-electron chi connectivity index (χ3n) is 3.63. The molecule has 0 aromatic carbocycles. The van der Waals surface area contributed by atoms with Gasteiger partial charge in [-0.15, -0.1) is 11.3 Å². The molecule has 1 aromatic rings. The molecule has 0 saturated carbocycles. The third-order valence-corrected chi connectivity index (χ3v) is 4.53. The molecule has 0 aliphatic heterocycles. The van der Waals surface area contributed by atoms with E-state index >= 15 is 0 Å². The molecular weight excluding hydrogens is 288 g/mol. The van der Waals surface area contributed by atoms with Crippen LogP contribution in [0.4, 0.5) is 4.79 Å². The summed E-state index contributed by atoms with van der Waals surface area (Å²) in [7, 11) is 1.77. The number of carboxylic acid groups (broad SMARTS) is 1. The number of carbonyl (C=O) groups is 2. The second kappa shape index (κ2) is 8.02. The molecule has 1 aromatic heterocycles. The smallest absolute Gasteiger partial charge is 0.320 e. The fourth-order valence-electron chi connectivity index (χ4n) is 2.25. The van der Waals surface area contributed by atoms with Crippen LogP contribution < -0.4 is 0 Å². The van der Waals surface area contributed by atoms with Gasteiger partial charge in [0.2, 0.25) is 0 Å². The van der Waals surface area contributed by atoms with E-state index < -0.39 is 5.97 Å². The first-order valence-electron chi connectivity index (χ1n) is 7.14. The van der Waals surface area contributed by atoms with Gasteiger partial charge in [-0.3, -0.25) is 4.79 Å². The fraction of sp³-hybridized carbons (Fsp3) is 0.600. The Kier molecular flexibility index (Phi) is 6.68. The van der Waals surface area contributed by atoms with Gasteiger partial charge in [0.1, 0.15) is 0 Å². The number of aliphatic carboxylic acids is 1. The van der Waals surface area contributed by atoms with Crippen molar-refractivity contribution in [2.45, 2.75) is 45.7 Å². The SMILES string of the molecule is CCN(C(=O)N(C)C(C)Cc1cccs1)C(C)CC(=O)O. The maximum Gasteiger partial charge on any atom is 0.320 e. The Labute approximate surface area is 130 Å². The number of likely N-dealkylation sites (N-methyl/N-ethyl adjacent to an activating group) is 1. The van der Waals surface area contributed by atoms with Crippen molar-refractivity contribution in [2.75, 3.05) is 13.6 Å². The van der Waals surface area contributed by atoms with Crippen molar-refractivity contribution in [3.63, 3.8) is 0 Å². The number of hydrogen-bond donors (Lipinski definition) is 1. The summed E-state index contributed by atoms with van der Waals surface area (Å²) in [6.07, 6.45) is 0.775. The Bertz CT molecular complexity index is 461. The first-order chi connectivity index (χ1) is 9.86. The second-order valence-corrected chi connectivity index (χ2v) is 6.29. The van der Waals surface area contributed by atoms with E-state index in [-0.39, 0.29) is 24.5 Å². The zero-order valence-corrected chi connectivity index (χ0v) is 13.9. The number of amides is 2. The van der Waals surface area contributed by atoms with Gasteiger partial charge in [-0.1, -0.05) is 6.07 Å². The summed E-state index contributed by atoms with van der Waals surface area (Å²) < 4.78 is 0. The maximum absolute atomic E-state index is 12.5. The monoisotopic (exact) mass is 312 g/mol. The Morgan fingerprint density at radius 1 is 1.33 bits per heavy atom. The molecule has 1 heterocycles. The molecule has 2 amide bonds. The molecule has 2 atom stereocenters. The molecule has 118 valence electrons. The number of thiophene rings is 1. The normalized spacial score (nSPS) is 13.5. The minimum absolute atomic E-state index is 0.0350. The zero-order chi connectivity index (χ0) is 16.0. The largest absolute Gasteiger partial charge is 0.481 e. The molecule has 2 unspecified atom stereocenters. The summed E-state index contributed by atoms with van der Waals surface area (Å²) in [5.74, 6) is -0.886. The lowest BCUT2D eigenvalue weighted by molar-refractivity contribution is -0.138. The van der Waals surface area contributed by atoms with Crippen LogP contribution in [0.1, 0.15) is 32.1 Å². The van der Waals surface area contributed by atoms with E-state index in [1.54, 1.807) is 35.1 Å². The number of nitrogens with zero attached hydrogens (tertiary/aromatic N) is 2. The Hall–Kier alpha value is -1.56. The topological polar surface area (TPSA) is 60.9 Å². The molecule has 0 saturated heterocycles. The molecule has 5 nitrogen and oxygen atoms in total. The molecule has 0 radical (unpaired) electrons. The van der Waals surface area contributed by atoms with E-state index in [2.05, 4.69) is 6.07 Å². The van der Waals surface area contributed by atoms with Crippen molar-refractivity contribution in [1.29, 1.82) is 0 Å². The quantitative estimate of drug-likeness (QED) is 0.842. The van der Waals surface area contributed by atoms with Gasteiger partial charge in [0.25, 0.3) is 0 Å². The average Bonchev–Trinajstić information content (AvgIpc) is 2.90. The molecule has 0 aliphatic carbocycles. The Morgan fingerprint density at radius 3 is 2.48 bits per heavy atom. The summed E-state index contributed by atoms with van der Waals surface area (Å²) in [5.41, 5.74) is 0. The number of carbonyl (C=O) groups excluding carboxylic acids is 1. The van der Waals surface area contributed by atoms with Gasteiger partial charge in [0, 0.05) is 37.0 Å². The van der Waals surface area contributed by atoms with Crippen molar-refractivity contribution < 1.29 is 14.7 Å². The third kappa shape index (κ3) is 5.04. The molecular formula is C15H24N2O3S. The highest BCUT2D eigenvalue weighted by atomic mass is 32.1. The van der Waals surface area contributed by atoms with Gasteiger partial charge in [-0.05, 0) is 32.2 Å². The summed E-state index contributed by atoms with van der Waals surface area (Å²) in [6, 6.07) is 3.71. The van der Waals surface area contributed by atoms with Crippen LogP contribution >= 0.6 is 11.3 Å². The predicted molar refractivity (Wildman–Crippen MR) is 84.7 cm³/mol. The summed E-state index contributed by atoms with van der Waals surface area (Å²) in [6.45, 7) is 6.15. The lowest BCUT2D eigenvalue weighted by Gasteiger charge is -2.34. The molecule has 1 rings (SSSR count). The lowest BCUT2D eigenvalue weighted by atomic mass is 10.1. The van der Waals surface area contributed by atoms with E-state index in [0.29, 0.717) is 6.54 Å². The standard InChI is InChI=1S/C15H24N2O3S/c1-5-17(12(3)10-14(18)19)15(20)16(4)11(2)9-13-7-6-8-21-13/h6-8,11-12H,5,9-10H2,1-4H3,(H,18,19). The van der Waals surface area contributed by atoms with Gasteiger partial charge >= 0.3 is 12.0 Å². The zero-order valence-electron chi connectivity index (χ0n) is 13.1. The maximum atomic E-state index is 12.5.